The number of hydrogen-bond acceptors (Lipinski definition) is 4. The zero-order chi connectivity index (χ0) is 10.8. The molecule has 1 atom stereocenters. The summed E-state index contributed by atoms with van der Waals surface area (Å²) in [6, 6.07) is 0. The van der Waals surface area contributed by atoms with E-state index in [1.807, 2.05) is 20.8 Å². The first-order chi connectivity index (χ1) is 6.51. The van der Waals surface area contributed by atoms with Crippen LogP contribution in [0.25, 0.3) is 0 Å². The number of hydrogen-bond donors (Lipinski definition) is 1. The average molecular weight is 198 g/mol. The van der Waals surface area contributed by atoms with Gasteiger partial charge in [0.25, 0.3) is 0 Å². The summed E-state index contributed by atoms with van der Waals surface area (Å²) in [5, 5.41) is 13.3. The summed E-state index contributed by atoms with van der Waals surface area (Å²) in [6.45, 7) is 8.04. The van der Waals surface area contributed by atoms with E-state index in [0.29, 0.717) is 18.1 Å². The highest BCUT2D eigenvalue weighted by atomic mass is 16.5. The molecule has 1 aromatic rings. The normalized spacial score (nSPS) is 14.4. The predicted molar refractivity (Wildman–Crippen MR) is 52.9 cm³/mol. The molecule has 0 fully saturated rings. The monoisotopic (exact) mass is 198 g/mol. The quantitative estimate of drug-likeness (QED) is 0.805. The lowest BCUT2D eigenvalue weighted by Gasteiger charge is -2.15. The third kappa shape index (κ3) is 2.12. The van der Waals surface area contributed by atoms with Crippen LogP contribution in [0, 0.1) is 0 Å². The van der Waals surface area contributed by atoms with Gasteiger partial charge in [0.1, 0.15) is 6.10 Å². The number of rotatable bonds is 4. The van der Waals surface area contributed by atoms with E-state index in [-0.39, 0.29) is 5.41 Å². The van der Waals surface area contributed by atoms with Crippen LogP contribution in [0.2, 0.25) is 0 Å². The van der Waals surface area contributed by atoms with E-state index in [4.69, 9.17) is 4.52 Å². The molecule has 1 heterocycles. The minimum Gasteiger partial charge on any atom is -0.385 e. The number of aliphatic hydroxyl groups excluding tert-OH is 1. The van der Waals surface area contributed by atoms with Crippen molar-refractivity contribution in [2.45, 2.75) is 52.1 Å². The Labute approximate surface area is 84.3 Å². The largest absolute Gasteiger partial charge is 0.385 e. The van der Waals surface area contributed by atoms with Gasteiger partial charge in [0, 0.05) is 5.41 Å². The lowest BCUT2D eigenvalue weighted by atomic mass is 9.90. The van der Waals surface area contributed by atoms with Gasteiger partial charge in [-0.2, -0.15) is 4.98 Å². The molecule has 0 radical (unpaired) electrons. The Balaban J connectivity index is 2.88. The van der Waals surface area contributed by atoms with Gasteiger partial charge in [0.15, 0.2) is 5.82 Å². The molecule has 1 unspecified atom stereocenters. The molecule has 0 aliphatic rings. The van der Waals surface area contributed by atoms with Crippen molar-refractivity contribution >= 4 is 0 Å². The molecule has 1 rings (SSSR count). The minimum atomic E-state index is -0.611. The summed E-state index contributed by atoms with van der Waals surface area (Å²) in [4.78, 5) is 4.20. The van der Waals surface area contributed by atoms with Crippen molar-refractivity contribution < 1.29 is 9.63 Å². The van der Waals surface area contributed by atoms with Crippen molar-refractivity contribution in [3.8, 4) is 0 Å². The van der Waals surface area contributed by atoms with Crippen molar-refractivity contribution in [3.63, 3.8) is 0 Å². The molecule has 0 aromatic carbocycles. The summed E-state index contributed by atoms with van der Waals surface area (Å²) < 4.78 is 5.12. The van der Waals surface area contributed by atoms with Crippen LogP contribution < -0.4 is 0 Å². The van der Waals surface area contributed by atoms with Crippen molar-refractivity contribution in [3.05, 3.63) is 11.7 Å². The Bertz CT molecular complexity index is 294. The SMILES string of the molecule is CCC(O)c1noc(C(C)(C)CC)n1. The Kier molecular flexibility index (Phi) is 3.26. The summed E-state index contributed by atoms with van der Waals surface area (Å²) >= 11 is 0. The van der Waals surface area contributed by atoms with Gasteiger partial charge in [-0.25, -0.2) is 0 Å². The van der Waals surface area contributed by atoms with Gasteiger partial charge in [0.2, 0.25) is 5.89 Å². The molecule has 14 heavy (non-hydrogen) atoms. The molecule has 0 aliphatic heterocycles. The molecule has 0 spiro atoms. The molecule has 1 N–H and O–H groups in total. The predicted octanol–water partition coefficient (Wildman–Crippen LogP) is 2.20. The van der Waals surface area contributed by atoms with E-state index >= 15 is 0 Å². The molecule has 80 valence electrons. The van der Waals surface area contributed by atoms with Gasteiger partial charge < -0.3 is 9.63 Å². The second-order valence-electron chi connectivity index (χ2n) is 4.12. The van der Waals surface area contributed by atoms with Gasteiger partial charge in [0.05, 0.1) is 0 Å². The van der Waals surface area contributed by atoms with E-state index in [1.165, 1.54) is 0 Å². The van der Waals surface area contributed by atoms with Crippen LogP contribution in [0.5, 0.6) is 0 Å². The maximum absolute atomic E-state index is 9.50. The maximum atomic E-state index is 9.50. The van der Waals surface area contributed by atoms with Crippen LogP contribution in [-0.2, 0) is 5.41 Å². The van der Waals surface area contributed by atoms with Crippen LogP contribution >= 0.6 is 0 Å². The maximum Gasteiger partial charge on any atom is 0.232 e. The Morgan fingerprint density at radius 1 is 1.43 bits per heavy atom. The van der Waals surface area contributed by atoms with E-state index in [9.17, 15) is 5.11 Å². The van der Waals surface area contributed by atoms with E-state index < -0.39 is 6.10 Å². The van der Waals surface area contributed by atoms with Crippen molar-refractivity contribution in [1.82, 2.24) is 10.1 Å². The van der Waals surface area contributed by atoms with Crippen molar-refractivity contribution in [2.24, 2.45) is 0 Å². The van der Waals surface area contributed by atoms with Crippen molar-refractivity contribution in [1.29, 1.82) is 0 Å². The molecule has 1 aromatic heterocycles. The molecule has 4 heteroatoms. The third-order valence-corrected chi connectivity index (χ3v) is 2.59. The molecular weight excluding hydrogens is 180 g/mol. The Morgan fingerprint density at radius 3 is 2.57 bits per heavy atom. The molecule has 0 saturated heterocycles. The van der Waals surface area contributed by atoms with Crippen LogP contribution in [0.3, 0.4) is 0 Å². The first kappa shape index (κ1) is 11.2. The lowest BCUT2D eigenvalue weighted by Crippen LogP contribution is -2.16. The van der Waals surface area contributed by atoms with E-state index in [1.54, 1.807) is 0 Å². The molecular formula is C10H18N2O2. The highest BCUT2D eigenvalue weighted by molar-refractivity contribution is 5.01. The second kappa shape index (κ2) is 4.09. The minimum absolute atomic E-state index is 0.112. The standard InChI is InChI=1S/C10H18N2O2/c1-5-7(13)8-11-9(14-12-8)10(3,4)6-2/h7,13H,5-6H2,1-4H3. The summed E-state index contributed by atoms with van der Waals surface area (Å²) in [7, 11) is 0. The summed E-state index contributed by atoms with van der Waals surface area (Å²) in [6.07, 6.45) is 0.919. The highest BCUT2D eigenvalue weighted by Crippen LogP contribution is 2.26. The molecule has 0 saturated carbocycles. The lowest BCUT2D eigenvalue weighted by molar-refractivity contribution is 0.159. The van der Waals surface area contributed by atoms with E-state index in [0.717, 1.165) is 6.42 Å². The highest BCUT2D eigenvalue weighted by Gasteiger charge is 2.26. The Morgan fingerprint density at radius 2 is 2.07 bits per heavy atom. The molecule has 0 bridgehead atoms. The van der Waals surface area contributed by atoms with Crippen molar-refractivity contribution in [2.75, 3.05) is 0 Å². The zero-order valence-corrected chi connectivity index (χ0v) is 9.24. The number of aromatic nitrogens is 2. The Hall–Kier alpha value is -0.900. The zero-order valence-electron chi connectivity index (χ0n) is 9.24. The van der Waals surface area contributed by atoms with Gasteiger partial charge in [-0.05, 0) is 12.8 Å². The fourth-order valence-electron chi connectivity index (χ4n) is 0.979. The first-order valence-corrected chi connectivity index (χ1v) is 5.03. The van der Waals surface area contributed by atoms with Gasteiger partial charge in [-0.1, -0.05) is 32.9 Å². The van der Waals surface area contributed by atoms with Gasteiger partial charge >= 0.3 is 0 Å². The number of nitrogens with zero attached hydrogens (tertiary/aromatic N) is 2. The van der Waals surface area contributed by atoms with Gasteiger partial charge in [-0.3, -0.25) is 0 Å². The van der Waals surface area contributed by atoms with Gasteiger partial charge in [-0.15, -0.1) is 0 Å². The number of aliphatic hydroxyl groups is 1. The molecule has 0 amide bonds. The van der Waals surface area contributed by atoms with E-state index in [2.05, 4.69) is 17.1 Å². The van der Waals surface area contributed by atoms with Crippen LogP contribution in [0.1, 0.15) is 58.4 Å². The van der Waals surface area contributed by atoms with Crippen LogP contribution in [0.4, 0.5) is 0 Å². The molecule has 0 aliphatic carbocycles. The smallest absolute Gasteiger partial charge is 0.232 e. The van der Waals surface area contributed by atoms with Crippen LogP contribution in [-0.4, -0.2) is 15.2 Å². The summed E-state index contributed by atoms with van der Waals surface area (Å²) in [5.41, 5.74) is -0.112. The fraction of sp³-hybridized carbons (Fsp3) is 0.800. The average Bonchev–Trinajstić information content (AvgIpc) is 2.66. The van der Waals surface area contributed by atoms with Crippen LogP contribution in [0.15, 0.2) is 4.52 Å². The third-order valence-electron chi connectivity index (χ3n) is 2.59. The first-order valence-electron chi connectivity index (χ1n) is 5.03. The molecule has 4 nitrogen and oxygen atoms in total. The fourth-order valence-corrected chi connectivity index (χ4v) is 0.979. The topological polar surface area (TPSA) is 59.2 Å². The summed E-state index contributed by atoms with van der Waals surface area (Å²) in [5.74, 6) is 0.992. The second-order valence-corrected chi connectivity index (χ2v) is 4.12.